The van der Waals surface area contributed by atoms with Crippen LogP contribution in [0.3, 0.4) is 0 Å². The molecule has 0 unspecified atom stereocenters. The molecule has 1 aliphatic rings. The Balaban J connectivity index is 2.11. The second-order valence-corrected chi connectivity index (χ2v) is 5.45. The maximum Gasteiger partial charge on any atom is 0.267 e. The van der Waals surface area contributed by atoms with Gasteiger partial charge in [0.15, 0.2) is 0 Å². The smallest absolute Gasteiger partial charge is 0.267 e. The van der Waals surface area contributed by atoms with E-state index in [1.165, 1.54) is 6.42 Å². The molecular formula is C17H21N3O. The van der Waals surface area contributed by atoms with Gasteiger partial charge in [0.2, 0.25) is 0 Å². The van der Waals surface area contributed by atoms with Crippen molar-refractivity contribution in [3.8, 4) is 6.07 Å². The Labute approximate surface area is 126 Å². The monoisotopic (exact) mass is 283 g/mol. The molecule has 4 nitrogen and oxygen atoms in total. The first kappa shape index (κ1) is 15.1. The van der Waals surface area contributed by atoms with Crippen molar-refractivity contribution in [2.24, 2.45) is 0 Å². The van der Waals surface area contributed by atoms with E-state index in [1.807, 2.05) is 38.1 Å². The zero-order valence-corrected chi connectivity index (χ0v) is 12.6. The number of aryl methyl sites for hydroxylation is 1. The summed E-state index contributed by atoms with van der Waals surface area (Å²) in [5.74, 6) is -0.336. The lowest BCUT2D eigenvalue weighted by molar-refractivity contribution is -0.112. The van der Waals surface area contributed by atoms with E-state index in [-0.39, 0.29) is 11.5 Å². The summed E-state index contributed by atoms with van der Waals surface area (Å²) < 4.78 is 0. The van der Waals surface area contributed by atoms with Gasteiger partial charge in [-0.2, -0.15) is 5.26 Å². The Morgan fingerprint density at radius 3 is 2.67 bits per heavy atom. The first-order valence-corrected chi connectivity index (χ1v) is 7.35. The number of anilines is 1. The van der Waals surface area contributed by atoms with Gasteiger partial charge in [-0.25, -0.2) is 0 Å². The summed E-state index contributed by atoms with van der Waals surface area (Å²) in [5.41, 5.74) is 3.07. The number of nitriles is 1. The molecule has 110 valence electrons. The predicted molar refractivity (Wildman–Crippen MR) is 83.7 cm³/mol. The van der Waals surface area contributed by atoms with Gasteiger partial charge in [0.05, 0.1) is 0 Å². The van der Waals surface area contributed by atoms with Gasteiger partial charge in [0.25, 0.3) is 5.91 Å². The molecule has 1 saturated heterocycles. The molecule has 21 heavy (non-hydrogen) atoms. The van der Waals surface area contributed by atoms with Crippen molar-refractivity contribution in [3.63, 3.8) is 0 Å². The second-order valence-electron chi connectivity index (χ2n) is 5.45. The van der Waals surface area contributed by atoms with Crippen LogP contribution in [0.4, 0.5) is 5.69 Å². The van der Waals surface area contributed by atoms with Crippen molar-refractivity contribution >= 4 is 11.6 Å². The molecule has 1 amide bonds. The second kappa shape index (κ2) is 6.94. The number of carbonyl (C=O) groups excluding carboxylic acids is 1. The molecule has 0 atom stereocenters. The first-order valence-electron chi connectivity index (χ1n) is 7.35. The average Bonchev–Trinajstić information content (AvgIpc) is 2.50. The van der Waals surface area contributed by atoms with E-state index in [2.05, 4.69) is 10.2 Å². The fourth-order valence-electron chi connectivity index (χ4n) is 2.44. The Hall–Kier alpha value is -2.28. The van der Waals surface area contributed by atoms with E-state index in [0.29, 0.717) is 0 Å². The number of piperidine rings is 1. The molecule has 1 heterocycles. The summed E-state index contributed by atoms with van der Waals surface area (Å²) in [7, 11) is 0. The molecule has 1 N–H and O–H groups in total. The molecule has 1 aromatic carbocycles. The molecule has 0 radical (unpaired) electrons. The molecule has 0 bridgehead atoms. The van der Waals surface area contributed by atoms with Crippen LogP contribution in [0.15, 0.2) is 30.0 Å². The van der Waals surface area contributed by atoms with Crippen LogP contribution in [-0.4, -0.2) is 23.9 Å². The highest BCUT2D eigenvalue weighted by Crippen LogP contribution is 2.19. The number of nitrogens with zero attached hydrogens (tertiary/aromatic N) is 2. The van der Waals surface area contributed by atoms with Crippen molar-refractivity contribution in [1.29, 1.82) is 5.26 Å². The maximum atomic E-state index is 12.3. The number of hydrogen-bond acceptors (Lipinski definition) is 3. The van der Waals surface area contributed by atoms with Gasteiger partial charge in [-0.15, -0.1) is 0 Å². The third-order valence-electron chi connectivity index (χ3n) is 3.92. The van der Waals surface area contributed by atoms with Gasteiger partial charge < -0.3 is 10.2 Å². The van der Waals surface area contributed by atoms with E-state index in [0.717, 1.165) is 42.7 Å². The van der Waals surface area contributed by atoms with Crippen LogP contribution in [0.5, 0.6) is 0 Å². The minimum Gasteiger partial charge on any atom is -0.376 e. The van der Waals surface area contributed by atoms with E-state index >= 15 is 0 Å². The first-order chi connectivity index (χ1) is 10.1. The molecule has 0 saturated carbocycles. The number of benzene rings is 1. The maximum absolute atomic E-state index is 12.3. The third kappa shape index (κ3) is 3.85. The van der Waals surface area contributed by atoms with Crippen molar-refractivity contribution < 1.29 is 4.79 Å². The highest BCUT2D eigenvalue weighted by molar-refractivity contribution is 6.06. The number of hydrogen-bond donors (Lipinski definition) is 1. The summed E-state index contributed by atoms with van der Waals surface area (Å²) in [6.45, 7) is 5.80. The summed E-state index contributed by atoms with van der Waals surface area (Å²) in [6.07, 6.45) is 5.15. The molecule has 1 aromatic rings. The lowest BCUT2D eigenvalue weighted by Crippen LogP contribution is -2.26. The van der Waals surface area contributed by atoms with Crippen molar-refractivity contribution in [2.75, 3.05) is 18.4 Å². The lowest BCUT2D eigenvalue weighted by Gasteiger charge is -2.25. The minimum atomic E-state index is -0.336. The van der Waals surface area contributed by atoms with Crippen molar-refractivity contribution in [1.82, 2.24) is 4.90 Å². The molecule has 0 aliphatic carbocycles. The average molecular weight is 283 g/mol. The standard InChI is InChI=1S/C17H21N3O/c1-13-7-6-8-16(14(13)2)19-17(21)15(11-18)12-20-9-4-3-5-10-20/h6-8,12H,3-5,9-10H2,1-2H3,(H,19,21)/b15-12-. The molecular weight excluding hydrogens is 262 g/mol. The van der Waals surface area contributed by atoms with Gasteiger partial charge in [-0.1, -0.05) is 12.1 Å². The summed E-state index contributed by atoms with van der Waals surface area (Å²) in [4.78, 5) is 14.3. The van der Waals surface area contributed by atoms with Crippen LogP contribution in [0.25, 0.3) is 0 Å². The number of carbonyl (C=O) groups is 1. The highest BCUT2D eigenvalue weighted by atomic mass is 16.1. The third-order valence-corrected chi connectivity index (χ3v) is 3.92. The zero-order chi connectivity index (χ0) is 15.2. The van der Waals surface area contributed by atoms with Crippen LogP contribution in [0, 0.1) is 25.2 Å². The SMILES string of the molecule is Cc1cccc(NC(=O)/C(C#N)=C\N2CCCCC2)c1C. The van der Waals surface area contributed by atoms with Gasteiger partial charge in [-0.3, -0.25) is 4.79 Å². The fraction of sp³-hybridized carbons (Fsp3) is 0.412. The van der Waals surface area contributed by atoms with Gasteiger partial charge >= 0.3 is 0 Å². The predicted octanol–water partition coefficient (Wildman–Crippen LogP) is 3.14. The van der Waals surface area contributed by atoms with Crippen molar-refractivity contribution in [3.05, 3.63) is 41.1 Å². The molecule has 2 rings (SSSR count). The molecule has 0 aromatic heterocycles. The highest BCUT2D eigenvalue weighted by Gasteiger charge is 2.14. The van der Waals surface area contributed by atoms with Crippen LogP contribution in [-0.2, 0) is 4.79 Å². The Morgan fingerprint density at radius 1 is 1.29 bits per heavy atom. The van der Waals surface area contributed by atoms with E-state index in [9.17, 15) is 10.1 Å². The number of rotatable bonds is 3. The molecule has 4 heteroatoms. The lowest BCUT2D eigenvalue weighted by atomic mass is 10.1. The van der Waals surface area contributed by atoms with Gasteiger partial charge in [0, 0.05) is 25.0 Å². The Kier molecular flexibility index (Phi) is 4.99. The van der Waals surface area contributed by atoms with Crippen LogP contribution in [0.2, 0.25) is 0 Å². The zero-order valence-electron chi connectivity index (χ0n) is 12.6. The van der Waals surface area contributed by atoms with E-state index in [4.69, 9.17) is 0 Å². The molecule has 0 spiro atoms. The van der Waals surface area contributed by atoms with Crippen LogP contribution < -0.4 is 5.32 Å². The Morgan fingerprint density at radius 2 is 2.00 bits per heavy atom. The van der Waals surface area contributed by atoms with Gasteiger partial charge in [0.1, 0.15) is 11.6 Å². The van der Waals surface area contributed by atoms with E-state index < -0.39 is 0 Å². The molecule has 1 aliphatic heterocycles. The molecule has 1 fully saturated rings. The van der Waals surface area contributed by atoms with Crippen LogP contribution in [0.1, 0.15) is 30.4 Å². The van der Waals surface area contributed by atoms with E-state index in [1.54, 1.807) is 6.20 Å². The van der Waals surface area contributed by atoms with Gasteiger partial charge in [-0.05, 0) is 50.3 Å². The fourth-order valence-corrected chi connectivity index (χ4v) is 2.44. The summed E-state index contributed by atoms with van der Waals surface area (Å²) >= 11 is 0. The normalized spacial score (nSPS) is 15.5. The number of likely N-dealkylation sites (tertiary alicyclic amines) is 1. The number of nitrogens with one attached hydrogen (secondary N) is 1. The minimum absolute atomic E-state index is 0.165. The topological polar surface area (TPSA) is 56.1 Å². The summed E-state index contributed by atoms with van der Waals surface area (Å²) in [6, 6.07) is 7.77. The summed E-state index contributed by atoms with van der Waals surface area (Å²) in [5, 5.41) is 12.1. The number of amides is 1. The van der Waals surface area contributed by atoms with Crippen LogP contribution >= 0.6 is 0 Å². The quantitative estimate of drug-likeness (QED) is 0.685. The largest absolute Gasteiger partial charge is 0.376 e. The Bertz CT molecular complexity index is 593. The van der Waals surface area contributed by atoms with Crippen molar-refractivity contribution in [2.45, 2.75) is 33.1 Å².